The molecule has 1 aromatic rings. The van der Waals surface area contributed by atoms with Crippen molar-refractivity contribution < 1.29 is 9.90 Å². The molecule has 1 aromatic carbocycles. The van der Waals surface area contributed by atoms with Gasteiger partial charge in [0.05, 0.1) is 0 Å². The first-order valence-corrected chi connectivity index (χ1v) is 7.40. The fourth-order valence-corrected chi connectivity index (χ4v) is 2.94. The van der Waals surface area contributed by atoms with E-state index in [0.717, 1.165) is 16.5 Å². The monoisotopic (exact) mass is 322 g/mol. The average Bonchev–Trinajstić information content (AvgIpc) is 2.63. The fourth-order valence-electron chi connectivity index (χ4n) is 2.45. The first-order chi connectivity index (χ1) is 8.92. The Balaban J connectivity index is 2.04. The number of aliphatic hydroxyl groups excluding tert-OH is 1. The lowest BCUT2D eigenvalue weighted by Gasteiger charge is -2.16. The third-order valence-corrected chi connectivity index (χ3v) is 4.62. The van der Waals surface area contributed by atoms with Crippen LogP contribution in [0.1, 0.15) is 38.7 Å². The molecule has 2 nitrogen and oxygen atoms in total. The van der Waals surface area contributed by atoms with Crippen molar-refractivity contribution in [3.63, 3.8) is 0 Å². The highest BCUT2D eigenvalue weighted by Gasteiger charge is 2.34. The molecule has 1 aliphatic carbocycles. The van der Waals surface area contributed by atoms with E-state index in [0.29, 0.717) is 30.6 Å². The lowest BCUT2D eigenvalue weighted by atomic mass is 9.91. The number of carbonyl (C=O) groups is 1. The second-order valence-corrected chi connectivity index (χ2v) is 6.58. The van der Waals surface area contributed by atoms with Gasteiger partial charge in [-0.05, 0) is 30.9 Å². The Morgan fingerprint density at radius 1 is 1.37 bits per heavy atom. The third kappa shape index (κ3) is 3.08. The predicted octanol–water partition coefficient (Wildman–Crippen LogP) is 4.58. The zero-order chi connectivity index (χ0) is 14.0. The van der Waals surface area contributed by atoms with Crippen molar-refractivity contribution in [2.75, 3.05) is 0 Å². The lowest BCUT2D eigenvalue weighted by Crippen LogP contribution is -2.11. The molecule has 2 rings (SSSR count). The van der Waals surface area contributed by atoms with Gasteiger partial charge >= 0.3 is 0 Å². The highest BCUT2D eigenvalue weighted by Crippen LogP contribution is 2.41. The zero-order valence-corrected chi connectivity index (χ0v) is 13.0. The van der Waals surface area contributed by atoms with Crippen molar-refractivity contribution in [2.24, 2.45) is 5.41 Å². The summed E-state index contributed by atoms with van der Waals surface area (Å²) >= 11 is 3.49. The summed E-state index contributed by atoms with van der Waals surface area (Å²) in [5.41, 5.74) is 1.53. The van der Waals surface area contributed by atoms with Gasteiger partial charge < -0.3 is 5.11 Å². The summed E-state index contributed by atoms with van der Waals surface area (Å²) in [5, 5.41) is 10.1. The van der Waals surface area contributed by atoms with Gasteiger partial charge in [-0.1, -0.05) is 48.0 Å². The SMILES string of the molecule is CC1(C)CCC(C(=O)CCc2ccccc2Br)=C1O. The molecule has 0 atom stereocenters. The number of allylic oxidation sites excluding steroid dienone is 2. The number of aliphatic hydroxyl groups is 1. The second kappa shape index (κ2) is 5.49. The van der Waals surface area contributed by atoms with E-state index >= 15 is 0 Å². The average molecular weight is 323 g/mol. The van der Waals surface area contributed by atoms with Crippen LogP contribution in [0.4, 0.5) is 0 Å². The van der Waals surface area contributed by atoms with Crippen LogP contribution in [0.15, 0.2) is 40.1 Å². The molecule has 102 valence electrons. The van der Waals surface area contributed by atoms with E-state index in [1.54, 1.807) is 0 Å². The Morgan fingerprint density at radius 2 is 2.05 bits per heavy atom. The van der Waals surface area contributed by atoms with Crippen LogP contribution in [0.5, 0.6) is 0 Å². The first kappa shape index (κ1) is 14.3. The molecule has 0 saturated heterocycles. The van der Waals surface area contributed by atoms with E-state index in [9.17, 15) is 9.90 Å². The van der Waals surface area contributed by atoms with Crippen LogP contribution in [-0.2, 0) is 11.2 Å². The molecule has 0 bridgehead atoms. The van der Waals surface area contributed by atoms with Crippen LogP contribution < -0.4 is 0 Å². The number of hydrogen-bond acceptors (Lipinski definition) is 2. The minimum absolute atomic E-state index is 0.0822. The maximum atomic E-state index is 12.2. The van der Waals surface area contributed by atoms with Gasteiger partial charge in [0.2, 0.25) is 0 Å². The quantitative estimate of drug-likeness (QED) is 0.880. The Labute approximate surface area is 122 Å². The minimum atomic E-state index is -0.238. The molecule has 0 unspecified atom stereocenters. The molecule has 19 heavy (non-hydrogen) atoms. The maximum absolute atomic E-state index is 12.2. The van der Waals surface area contributed by atoms with E-state index in [2.05, 4.69) is 15.9 Å². The summed E-state index contributed by atoms with van der Waals surface area (Å²) in [7, 11) is 0. The van der Waals surface area contributed by atoms with E-state index in [1.807, 2.05) is 38.1 Å². The van der Waals surface area contributed by atoms with Gasteiger partial charge in [0, 0.05) is 21.9 Å². The Bertz CT molecular complexity index is 529. The van der Waals surface area contributed by atoms with E-state index < -0.39 is 0 Å². The molecule has 0 fully saturated rings. The number of benzene rings is 1. The maximum Gasteiger partial charge on any atom is 0.162 e. The van der Waals surface area contributed by atoms with Gasteiger partial charge in [0.25, 0.3) is 0 Å². The molecule has 1 N–H and O–H groups in total. The predicted molar refractivity (Wildman–Crippen MR) is 80.1 cm³/mol. The normalized spacial score (nSPS) is 17.8. The van der Waals surface area contributed by atoms with Gasteiger partial charge in [0.1, 0.15) is 5.76 Å². The highest BCUT2D eigenvalue weighted by molar-refractivity contribution is 9.10. The first-order valence-electron chi connectivity index (χ1n) is 6.61. The standard InChI is InChI=1S/C16H19BrO2/c1-16(2)10-9-12(15(16)19)14(18)8-7-11-5-3-4-6-13(11)17/h3-6,19H,7-10H2,1-2H3. The summed E-state index contributed by atoms with van der Waals surface area (Å²) in [5.74, 6) is 0.378. The van der Waals surface area contributed by atoms with Crippen molar-refractivity contribution in [2.45, 2.75) is 39.5 Å². The number of Topliss-reactive ketones (excluding diaryl/α,β-unsaturated/α-hetero) is 1. The molecule has 0 aromatic heterocycles. The van der Waals surface area contributed by atoms with Gasteiger partial charge in [-0.15, -0.1) is 0 Å². The van der Waals surface area contributed by atoms with Crippen LogP contribution >= 0.6 is 15.9 Å². The summed E-state index contributed by atoms with van der Waals surface area (Å²) in [6, 6.07) is 7.93. The van der Waals surface area contributed by atoms with Gasteiger partial charge in [-0.2, -0.15) is 0 Å². The molecule has 1 aliphatic rings. The Kier molecular flexibility index (Phi) is 4.14. The molecule has 0 saturated carbocycles. The molecule has 0 amide bonds. The third-order valence-electron chi connectivity index (χ3n) is 3.84. The summed E-state index contributed by atoms with van der Waals surface area (Å²) < 4.78 is 1.03. The van der Waals surface area contributed by atoms with Gasteiger partial charge in [-0.25, -0.2) is 0 Å². The van der Waals surface area contributed by atoms with E-state index in [1.165, 1.54) is 0 Å². The van der Waals surface area contributed by atoms with Crippen LogP contribution in [0.3, 0.4) is 0 Å². The molecular weight excluding hydrogens is 304 g/mol. The number of ketones is 1. The van der Waals surface area contributed by atoms with Crippen LogP contribution in [0.2, 0.25) is 0 Å². The van der Waals surface area contributed by atoms with Crippen molar-refractivity contribution in [1.82, 2.24) is 0 Å². The van der Waals surface area contributed by atoms with Crippen molar-refractivity contribution in [3.8, 4) is 0 Å². The Hall–Kier alpha value is -1.09. The molecule has 0 aliphatic heterocycles. The second-order valence-electron chi connectivity index (χ2n) is 5.73. The number of carbonyl (C=O) groups excluding carboxylic acids is 1. The number of rotatable bonds is 4. The highest BCUT2D eigenvalue weighted by atomic mass is 79.9. The van der Waals surface area contributed by atoms with E-state index in [-0.39, 0.29) is 11.2 Å². The van der Waals surface area contributed by atoms with Crippen LogP contribution in [0, 0.1) is 5.41 Å². The molecule has 0 radical (unpaired) electrons. The van der Waals surface area contributed by atoms with Crippen LogP contribution in [-0.4, -0.2) is 10.9 Å². The van der Waals surface area contributed by atoms with Gasteiger partial charge in [0.15, 0.2) is 5.78 Å². The number of halogens is 1. The molecular formula is C16H19BrO2. The van der Waals surface area contributed by atoms with Crippen molar-refractivity contribution >= 4 is 21.7 Å². The summed E-state index contributed by atoms with van der Waals surface area (Å²) in [4.78, 5) is 12.2. The summed E-state index contributed by atoms with van der Waals surface area (Å²) in [6.45, 7) is 3.97. The van der Waals surface area contributed by atoms with E-state index in [4.69, 9.17) is 0 Å². The van der Waals surface area contributed by atoms with Crippen molar-refractivity contribution in [1.29, 1.82) is 0 Å². The van der Waals surface area contributed by atoms with Gasteiger partial charge in [-0.3, -0.25) is 4.79 Å². The fraction of sp³-hybridized carbons (Fsp3) is 0.438. The molecule has 3 heteroatoms. The van der Waals surface area contributed by atoms with Crippen LogP contribution in [0.25, 0.3) is 0 Å². The lowest BCUT2D eigenvalue weighted by molar-refractivity contribution is -0.115. The zero-order valence-electron chi connectivity index (χ0n) is 11.4. The molecule has 0 heterocycles. The number of aryl methyl sites for hydroxylation is 1. The summed E-state index contributed by atoms with van der Waals surface area (Å²) in [6.07, 6.45) is 2.72. The Morgan fingerprint density at radius 3 is 2.63 bits per heavy atom. The van der Waals surface area contributed by atoms with Crippen molar-refractivity contribution in [3.05, 3.63) is 45.6 Å². The topological polar surface area (TPSA) is 37.3 Å². The minimum Gasteiger partial charge on any atom is -0.511 e. The molecule has 0 spiro atoms. The largest absolute Gasteiger partial charge is 0.511 e. The smallest absolute Gasteiger partial charge is 0.162 e. The number of hydrogen-bond donors (Lipinski definition) is 1.